The molecule has 2 aromatic carbocycles. The number of methoxy groups -OCH3 is 2. The van der Waals surface area contributed by atoms with Crippen LogP contribution in [0, 0.1) is 0 Å². The van der Waals surface area contributed by atoms with Crippen molar-refractivity contribution in [2.24, 2.45) is 0 Å². The van der Waals surface area contributed by atoms with Crippen LogP contribution in [-0.2, 0) is 24.2 Å². The normalized spacial score (nSPS) is 14.6. The van der Waals surface area contributed by atoms with Crippen LogP contribution in [0.25, 0.3) is 22.6 Å². The minimum absolute atomic E-state index is 0.157. The van der Waals surface area contributed by atoms with Gasteiger partial charge in [-0.2, -0.15) is 5.10 Å². The van der Waals surface area contributed by atoms with Crippen LogP contribution in [0.2, 0.25) is 0 Å². The maximum Gasteiger partial charge on any atom is 0.236 e. The number of aryl methyl sites for hydroxylation is 2. The number of hydrogen-bond acceptors (Lipinski definition) is 7. The van der Waals surface area contributed by atoms with E-state index in [1.165, 1.54) is 5.56 Å². The Morgan fingerprint density at radius 1 is 0.923 bits per heavy atom. The summed E-state index contributed by atoms with van der Waals surface area (Å²) in [4.78, 5) is 26.6. The summed E-state index contributed by atoms with van der Waals surface area (Å²) in [5, 5.41) is 7.66. The second-order valence-corrected chi connectivity index (χ2v) is 10.3. The number of aromatic amines is 2. The van der Waals surface area contributed by atoms with E-state index in [2.05, 4.69) is 49.2 Å². The van der Waals surface area contributed by atoms with Gasteiger partial charge in [-0.05, 0) is 54.3 Å². The molecule has 5 rings (SSSR count). The van der Waals surface area contributed by atoms with Crippen molar-refractivity contribution < 1.29 is 14.3 Å². The molecule has 1 saturated heterocycles. The number of nitrogens with zero attached hydrogens (tertiary/aromatic N) is 5. The number of likely N-dealkylation sites (N-methyl/N-ethyl adjacent to an activating group) is 1. The van der Waals surface area contributed by atoms with Crippen molar-refractivity contribution in [1.29, 1.82) is 0 Å². The first-order valence-corrected chi connectivity index (χ1v) is 13.3. The Bertz CT molecular complexity index is 1400. The van der Waals surface area contributed by atoms with Gasteiger partial charge in [0.2, 0.25) is 5.91 Å². The molecule has 0 bridgehead atoms. The van der Waals surface area contributed by atoms with Gasteiger partial charge in [-0.25, -0.2) is 4.98 Å². The lowest BCUT2D eigenvalue weighted by Crippen LogP contribution is -2.48. The smallest absolute Gasteiger partial charge is 0.236 e. The van der Waals surface area contributed by atoms with E-state index in [9.17, 15) is 4.79 Å². The summed E-state index contributed by atoms with van der Waals surface area (Å²) in [6.07, 6.45) is 1.64. The van der Waals surface area contributed by atoms with Gasteiger partial charge in [0.1, 0.15) is 17.2 Å². The highest BCUT2D eigenvalue weighted by Gasteiger charge is 2.20. The van der Waals surface area contributed by atoms with E-state index in [0.29, 0.717) is 6.54 Å². The van der Waals surface area contributed by atoms with Gasteiger partial charge in [-0.3, -0.25) is 19.7 Å². The SMILES string of the molecule is COc1cc(CCc2cc(-c3nc4cc(CN5CCN(CC(=O)N(C)C)CC5)ccc4[nH]3)n[nH]2)cc(OC)c1. The number of hydrogen-bond donors (Lipinski definition) is 2. The topological polar surface area (TPSA) is 103 Å². The van der Waals surface area contributed by atoms with Gasteiger partial charge in [0.15, 0.2) is 5.82 Å². The fraction of sp³-hybridized carbons (Fsp3) is 0.414. The highest BCUT2D eigenvalue weighted by Crippen LogP contribution is 2.25. The number of nitrogens with one attached hydrogen (secondary N) is 2. The number of carbonyl (C=O) groups excluding carboxylic acids is 1. The van der Waals surface area contributed by atoms with Crippen molar-refractivity contribution in [2.75, 3.05) is 61.0 Å². The zero-order valence-electron chi connectivity index (χ0n) is 23.2. The molecule has 2 N–H and O–H groups in total. The third-order valence-electron chi connectivity index (χ3n) is 7.24. The fourth-order valence-electron chi connectivity index (χ4n) is 4.87. The monoisotopic (exact) mass is 531 g/mol. The van der Waals surface area contributed by atoms with Crippen molar-refractivity contribution in [1.82, 2.24) is 34.9 Å². The molecule has 0 radical (unpaired) electrons. The second kappa shape index (κ2) is 11.9. The Hall–Kier alpha value is -3.89. The Labute approximate surface area is 228 Å². The molecule has 206 valence electrons. The van der Waals surface area contributed by atoms with Crippen molar-refractivity contribution in [3.05, 3.63) is 59.3 Å². The number of imidazole rings is 1. The molecule has 39 heavy (non-hydrogen) atoms. The van der Waals surface area contributed by atoms with E-state index in [1.807, 2.05) is 32.3 Å². The molecule has 1 aliphatic rings. The lowest BCUT2D eigenvalue weighted by Gasteiger charge is -2.34. The zero-order chi connectivity index (χ0) is 27.4. The lowest BCUT2D eigenvalue weighted by atomic mass is 10.1. The number of ether oxygens (including phenoxy) is 2. The van der Waals surface area contributed by atoms with Gasteiger partial charge in [-0.1, -0.05) is 6.07 Å². The summed E-state index contributed by atoms with van der Waals surface area (Å²) >= 11 is 0. The van der Waals surface area contributed by atoms with Crippen molar-refractivity contribution in [3.8, 4) is 23.0 Å². The van der Waals surface area contributed by atoms with Crippen LogP contribution >= 0.6 is 0 Å². The van der Waals surface area contributed by atoms with Crippen LogP contribution in [0.1, 0.15) is 16.8 Å². The molecule has 0 atom stereocenters. The minimum atomic E-state index is 0.157. The first-order chi connectivity index (χ1) is 18.9. The molecule has 10 heteroatoms. The molecule has 1 amide bonds. The zero-order valence-corrected chi connectivity index (χ0v) is 23.2. The second-order valence-electron chi connectivity index (χ2n) is 10.3. The first-order valence-electron chi connectivity index (χ1n) is 13.3. The molecule has 0 saturated carbocycles. The summed E-state index contributed by atoms with van der Waals surface area (Å²) < 4.78 is 10.8. The van der Waals surface area contributed by atoms with Gasteiger partial charge in [0, 0.05) is 58.6 Å². The van der Waals surface area contributed by atoms with Gasteiger partial charge in [0.25, 0.3) is 0 Å². The summed E-state index contributed by atoms with van der Waals surface area (Å²) in [6, 6.07) is 14.4. The highest BCUT2D eigenvalue weighted by molar-refractivity contribution is 5.79. The standard InChI is InChI=1S/C29H37N7O3/c1-34(2)28(37)19-36-11-9-35(10-12-36)18-21-6-8-25-26(15-21)31-29(30-25)27-16-22(32-33-27)7-5-20-13-23(38-3)17-24(14-20)39-4/h6,8,13-17H,5,7,9-12,18-19H2,1-4H3,(H,30,31)(H,32,33). The molecule has 0 spiro atoms. The summed E-state index contributed by atoms with van der Waals surface area (Å²) in [7, 11) is 6.94. The van der Waals surface area contributed by atoms with Crippen LogP contribution in [-0.4, -0.2) is 102 Å². The largest absolute Gasteiger partial charge is 0.497 e. The maximum absolute atomic E-state index is 12.0. The predicted octanol–water partition coefficient (Wildman–Crippen LogP) is 2.96. The Balaban J connectivity index is 1.19. The van der Waals surface area contributed by atoms with Crippen LogP contribution in [0.15, 0.2) is 42.5 Å². The van der Waals surface area contributed by atoms with Crippen molar-refractivity contribution >= 4 is 16.9 Å². The number of H-pyrrole nitrogens is 2. The number of piperazine rings is 1. The van der Waals surface area contributed by atoms with E-state index in [1.54, 1.807) is 19.1 Å². The number of aromatic nitrogens is 4. The molecule has 0 unspecified atom stereocenters. The average molecular weight is 532 g/mol. The van der Waals surface area contributed by atoms with Gasteiger partial charge in [0.05, 0.1) is 31.8 Å². The maximum atomic E-state index is 12.0. The first kappa shape index (κ1) is 26.7. The molecule has 2 aromatic heterocycles. The third-order valence-corrected chi connectivity index (χ3v) is 7.24. The summed E-state index contributed by atoms with van der Waals surface area (Å²) in [5.41, 5.74) is 6.14. The van der Waals surface area contributed by atoms with E-state index >= 15 is 0 Å². The molecule has 1 aliphatic heterocycles. The summed E-state index contributed by atoms with van der Waals surface area (Å²) in [6.45, 7) is 5.07. The van der Waals surface area contributed by atoms with Crippen LogP contribution in [0.5, 0.6) is 11.5 Å². The van der Waals surface area contributed by atoms with E-state index in [0.717, 1.165) is 90.9 Å². The molecular weight excluding hydrogens is 494 g/mol. The van der Waals surface area contributed by atoms with Gasteiger partial charge in [-0.15, -0.1) is 0 Å². The molecule has 3 heterocycles. The van der Waals surface area contributed by atoms with E-state index in [-0.39, 0.29) is 5.91 Å². The number of benzene rings is 2. The van der Waals surface area contributed by atoms with Crippen LogP contribution in [0.3, 0.4) is 0 Å². The van der Waals surface area contributed by atoms with Gasteiger partial charge >= 0.3 is 0 Å². The molecule has 1 fully saturated rings. The van der Waals surface area contributed by atoms with Crippen molar-refractivity contribution in [3.63, 3.8) is 0 Å². The number of amides is 1. The van der Waals surface area contributed by atoms with E-state index in [4.69, 9.17) is 14.5 Å². The molecular formula is C29H37N7O3. The Morgan fingerprint density at radius 3 is 2.33 bits per heavy atom. The van der Waals surface area contributed by atoms with Gasteiger partial charge < -0.3 is 19.4 Å². The number of carbonyl (C=O) groups is 1. The average Bonchev–Trinajstić information content (AvgIpc) is 3.59. The molecule has 10 nitrogen and oxygen atoms in total. The number of fused-ring (bicyclic) bond motifs is 1. The number of rotatable bonds is 10. The van der Waals surface area contributed by atoms with Crippen LogP contribution < -0.4 is 9.47 Å². The molecule has 4 aromatic rings. The quantitative estimate of drug-likeness (QED) is 0.324. The van der Waals surface area contributed by atoms with E-state index < -0.39 is 0 Å². The van der Waals surface area contributed by atoms with Crippen molar-refractivity contribution in [2.45, 2.75) is 19.4 Å². The van der Waals surface area contributed by atoms with Crippen LogP contribution in [0.4, 0.5) is 0 Å². The highest BCUT2D eigenvalue weighted by atomic mass is 16.5. The predicted molar refractivity (Wildman–Crippen MR) is 151 cm³/mol. The fourth-order valence-corrected chi connectivity index (χ4v) is 4.87. The minimum Gasteiger partial charge on any atom is -0.497 e. The third kappa shape index (κ3) is 6.58. The molecule has 0 aliphatic carbocycles. The summed E-state index contributed by atoms with van der Waals surface area (Å²) in [5.74, 6) is 2.49. The Kier molecular flexibility index (Phi) is 8.13. The lowest BCUT2D eigenvalue weighted by molar-refractivity contribution is -0.130. The Morgan fingerprint density at radius 2 is 1.64 bits per heavy atom.